The third-order valence-electron chi connectivity index (χ3n) is 4.10. The van der Waals surface area contributed by atoms with Crippen molar-refractivity contribution in [3.05, 3.63) is 83.0 Å². The molecule has 0 fully saturated rings. The number of para-hydroxylation sites is 1. The van der Waals surface area contributed by atoms with Crippen molar-refractivity contribution in [2.24, 2.45) is 10.2 Å². The fraction of sp³-hybridized carbons (Fsp3) is 0. The first-order valence-corrected chi connectivity index (χ1v) is 8.42. The number of benzene rings is 3. The third-order valence-corrected chi connectivity index (χ3v) is 4.41. The van der Waals surface area contributed by atoms with E-state index in [1.807, 2.05) is 60.7 Å². The van der Waals surface area contributed by atoms with Crippen LogP contribution < -0.4 is 0 Å². The van der Waals surface area contributed by atoms with Crippen LogP contribution in [0.25, 0.3) is 21.7 Å². The Morgan fingerprint density at radius 3 is 2.46 bits per heavy atom. The lowest BCUT2D eigenvalue weighted by atomic mass is 10.0. The zero-order valence-corrected chi connectivity index (χ0v) is 14.4. The second-order valence-electron chi connectivity index (χ2n) is 5.77. The van der Waals surface area contributed by atoms with Crippen molar-refractivity contribution >= 4 is 45.7 Å². The molecule has 1 N–H and O–H groups in total. The summed E-state index contributed by atoms with van der Waals surface area (Å²) in [7, 11) is 0. The Hall–Kier alpha value is -3.24. The van der Waals surface area contributed by atoms with E-state index in [2.05, 4.69) is 15.2 Å². The molecule has 0 saturated carbocycles. The second-order valence-corrected chi connectivity index (χ2v) is 6.13. The SMILES string of the molecule is Oc1ccc2ccccc2c1C=NN=Cc1cc2ccccc2nc1Cl. The van der Waals surface area contributed by atoms with E-state index in [9.17, 15) is 5.11 Å². The van der Waals surface area contributed by atoms with E-state index in [1.54, 1.807) is 12.3 Å². The maximum atomic E-state index is 10.1. The first kappa shape index (κ1) is 16.2. The average molecular weight is 360 g/mol. The van der Waals surface area contributed by atoms with Gasteiger partial charge in [-0.25, -0.2) is 4.98 Å². The smallest absolute Gasteiger partial charge is 0.138 e. The summed E-state index contributed by atoms with van der Waals surface area (Å²) >= 11 is 6.21. The summed E-state index contributed by atoms with van der Waals surface area (Å²) in [4.78, 5) is 4.35. The highest BCUT2D eigenvalue weighted by Crippen LogP contribution is 2.25. The van der Waals surface area contributed by atoms with Gasteiger partial charge in [0.25, 0.3) is 0 Å². The molecule has 1 aromatic heterocycles. The highest BCUT2D eigenvalue weighted by atomic mass is 35.5. The van der Waals surface area contributed by atoms with E-state index in [0.29, 0.717) is 16.3 Å². The second kappa shape index (κ2) is 6.94. The number of hydrogen-bond acceptors (Lipinski definition) is 4. The fourth-order valence-electron chi connectivity index (χ4n) is 2.81. The molecule has 4 rings (SSSR count). The van der Waals surface area contributed by atoms with Gasteiger partial charge in [-0.05, 0) is 29.0 Å². The number of pyridine rings is 1. The number of hydrogen-bond donors (Lipinski definition) is 1. The molecule has 0 aliphatic carbocycles. The van der Waals surface area contributed by atoms with Crippen LogP contribution in [0.2, 0.25) is 5.15 Å². The number of rotatable bonds is 3. The maximum Gasteiger partial charge on any atom is 0.138 e. The van der Waals surface area contributed by atoms with Crippen LogP contribution in [0.5, 0.6) is 5.75 Å². The van der Waals surface area contributed by atoms with Gasteiger partial charge in [-0.3, -0.25) is 0 Å². The molecule has 3 aromatic carbocycles. The predicted octanol–water partition coefficient (Wildman–Crippen LogP) is 5.20. The van der Waals surface area contributed by atoms with Crippen LogP contribution in [0.3, 0.4) is 0 Å². The summed E-state index contributed by atoms with van der Waals surface area (Å²) in [5.41, 5.74) is 2.14. The average Bonchev–Trinajstić information content (AvgIpc) is 2.66. The van der Waals surface area contributed by atoms with Crippen LogP contribution in [0.1, 0.15) is 11.1 Å². The normalized spacial score (nSPS) is 11.9. The minimum Gasteiger partial charge on any atom is -0.507 e. The van der Waals surface area contributed by atoms with Crippen LogP contribution in [-0.2, 0) is 0 Å². The summed E-state index contributed by atoms with van der Waals surface area (Å²) < 4.78 is 0. The van der Waals surface area contributed by atoms with Crippen molar-refractivity contribution in [2.45, 2.75) is 0 Å². The van der Waals surface area contributed by atoms with Crippen LogP contribution in [-0.4, -0.2) is 22.5 Å². The van der Waals surface area contributed by atoms with Crippen molar-refractivity contribution in [1.29, 1.82) is 0 Å². The fourth-order valence-corrected chi connectivity index (χ4v) is 3.00. The van der Waals surface area contributed by atoms with Gasteiger partial charge in [0.1, 0.15) is 10.9 Å². The van der Waals surface area contributed by atoms with Gasteiger partial charge in [-0.1, -0.05) is 60.1 Å². The molecular weight excluding hydrogens is 346 g/mol. The molecule has 0 saturated heterocycles. The van der Waals surface area contributed by atoms with Crippen LogP contribution in [0.15, 0.2) is 76.9 Å². The quantitative estimate of drug-likeness (QED) is 0.310. The van der Waals surface area contributed by atoms with Crippen molar-refractivity contribution in [2.75, 3.05) is 0 Å². The molecule has 0 amide bonds. The molecule has 0 aliphatic heterocycles. The van der Waals surface area contributed by atoms with Gasteiger partial charge in [0.05, 0.1) is 17.9 Å². The molecule has 1 heterocycles. The number of aromatic nitrogens is 1. The summed E-state index contributed by atoms with van der Waals surface area (Å²) in [5, 5.41) is 21.5. The Bertz CT molecular complexity index is 1170. The maximum absolute atomic E-state index is 10.1. The molecule has 4 aromatic rings. The minimum absolute atomic E-state index is 0.160. The topological polar surface area (TPSA) is 57.8 Å². The van der Waals surface area contributed by atoms with Crippen molar-refractivity contribution < 1.29 is 5.11 Å². The first-order valence-electron chi connectivity index (χ1n) is 8.05. The number of aromatic hydroxyl groups is 1. The minimum atomic E-state index is 0.160. The van der Waals surface area contributed by atoms with Gasteiger partial charge >= 0.3 is 0 Å². The van der Waals surface area contributed by atoms with E-state index in [-0.39, 0.29) is 5.75 Å². The van der Waals surface area contributed by atoms with E-state index in [0.717, 1.165) is 21.7 Å². The zero-order chi connectivity index (χ0) is 17.9. The summed E-state index contributed by atoms with van der Waals surface area (Å²) in [6.07, 6.45) is 3.09. The predicted molar refractivity (Wildman–Crippen MR) is 108 cm³/mol. The first-order chi connectivity index (χ1) is 12.7. The molecule has 4 nitrogen and oxygen atoms in total. The number of fused-ring (bicyclic) bond motifs is 2. The lowest BCUT2D eigenvalue weighted by Crippen LogP contribution is -1.89. The number of nitrogens with zero attached hydrogens (tertiary/aromatic N) is 3. The van der Waals surface area contributed by atoms with Gasteiger partial charge < -0.3 is 5.11 Å². The van der Waals surface area contributed by atoms with E-state index < -0.39 is 0 Å². The van der Waals surface area contributed by atoms with Crippen molar-refractivity contribution in [3.8, 4) is 5.75 Å². The van der Waals surface area contributed by atoms with Crippen LogP contribution in [0.4, 0.5) is 0 Å². The Morgan fingerprint density at radius 1 is 0.846 bits per heavy atom. The number of phenolic OH excluding ortho intramolecular Hbond substituents is 1. The summed E-state index contributed by atoms with van der Waals surface area (Å²) in [6, 6.07) is 21.0. The summed E-state index contributed by atoms with van der Waals surface area (Å²) in [6.45, 7) is 0. The van der Waals surface area contributed by atoms with Gasteiger partial charge in [0.15, 0.2) is 0 Å². The molecule has 0 atom stereocenters. The van der Waals surface area contributed by atoms with Crippen molar-refractivity contribution in [3.63, 3.8) is 0 Å². The molecule has 0 bridgehead atoms. The molecule has 0 radical (unpaired) electrons. The molecule has 26 heavy (non-hydrogen) atoms. The largest absolute Gasteiger partial charge is 0.507 e. The van der Waals surface area contributed by atoms with Crippen LogP contribution >= 0.6 is 11.6 Å². The lowest BCUT2D eigenvalue weighted by molar-refractivity contribution is 0.475. The standard InChI is InChI=1S/C21H14ClN3O/c22-21-16(11-15-6-2-4-8-19(15)25-21)12-23-24-13-18-17-7-3-1-5-14(17)9-10-20(18)26/h1-13,26H. The highest BCUT2D eigenvalue weighted by molar-refractivity contribution is 6.32. The van der Waals surface area contributed by atoms with Gasteiger partial charge in [0, 0.05) is 16.5 Å². The Kier molecular flexibility index (Phi) is 4.33. The van der Waals surface area contributed by atoms with E-state index >= 15 is 0 Å². The van der Waals surface area contributed by atoms with E-state index in [4.69, 9.17) is 11.6 Å². The zero-order valence-electron chi connectivity index (χ0n) is 13.7. The number of halogens is 1. The molecule has 0 aliphatic rings. The monoisotopic (exact) mass is 359 g/mol. The number of phenols is 1. The molecular formula is C21H14ClN3O. The molecule has 0 spiro atoms. The van der Waals surface area contributed by atoms with Gasteiger partial charge in [-0.2, -0.15) is 10.2 Å². The van der Waals surface area contributed by atoms with Crippen molar-refractivity contribution in [1.82, 2.24) is 4.98 Å². The Morgan fingerprint density at radius 2 is 1.58 bits per heavy atom. The highest BCUT2D eigenvalue weighted by Gasteiger charge is 2.04. The van der Waals surface area contributed by atoms with Crippen LogP contribution in [0, 0.1) is 0 Å². The third kappa shape index (κ3) is 3.15. The lowest BCUT2D eigenvalue weighted by Gasteiger charge is -2.03. The Labute approximate surface area is 155 Å². The Balaban J connectivity index is 1.65. The molecule has 0 unspecified atom stereocenters. The van der Waals surface area contributed by atoms with E-state index in [1.165, 1.54) is 6.21 Å². The van der Waals surface area contributed by atoms with Gasteiger partial charge in [0.2, 0.25) is 0 Å². The van der Waals surface area contributed by atoms with Gasteiger partial charge in [-0.15, -0.1) is 0 Å². The summed E-state index contributed by atoms with van der Waals surface area (Å²) in [5.74, 6) is 0.160. The molecule has 5 heteroatoms. The molecule has 126 valence electrons.